The van der Waals surface area contributed by atoms with Crippen molar-refractivity contribution in [2.45, 2.75) is 72.0 Å². The van der Waals surface area contributed by atoms with Crippen LogP contribution in [0.2, 0.25) is 0 Å². The van der Waals surface area contributed by atoms with Gasteiger partial charge in [-0.2, -0.15) is 13.2 Å². The summed E-state index contributed by atoms with van der Waals surface area (Å²) in [5.41, 5.74) is 3.30. The molecule has 1 heterocycles. The minimum absolute atomic E-state index is 0.0215. The molecule has 1 saturated carbocycles. The van der Waals surface area contributed by atoms with E-state index in [0.29, 0.717) is 6.41 Å². The summed E-state index contributed by atoms with van der Waals surface area (Å²) in [6.07, 6.45) is 3.72. The number of amides is 2. The molecular formula is C18H30F3N3O2S. The van der Waals surface area contributed by atoms with Gasteiger partial charge in [-0.15, -0.1) is 11.3 Å². The van der Waals surface area contributed by atoms with Crippen molar-refractivity contribution in [1.29, 1.82) is 0 Å². The summed E-state index contributed by atoms with van der Waals surface area (Å²) in [5, 5.41) is 2.78. The molecule has 3 N–H and O–H groups in total. The number of nitrogens with two attached hydrogens (primary N) is 1. The van der Waals surface area contributed by atoms with Gasteiger partial charge in [-0.25, -0.2) is 4.98 Å². The maximum absolute atomic E-state index is 12.6. The van der Waals surface area contributed by atoms with Gasteiger partial charge in [0.25, 0.3) is 0 Å². The Bertz CT molecular complexity index is 557. The molecule has 1 aromatic rings. The van der Waals surface area contributed by atoms with Crippen molar-refractivity contribution in [3.05, 3.63) is 15.6 Å². The zero-order chi connectivity index (χ0) is 21.0. The molecule has 2 amide bonds. The van der Waals surface area contributed by atoms with Crippen LogP contribution in [0.5, 0.6) is 0 Å². The fourth-order valence-electron chi connectivity index (χ4n) is 2.85. The quantitative estimate of drug-likeness (QED) is 0.697. The highest BCUT2D eigenvalue weighted by Crippen LogP contribution is 2.36. The Hall–Kier alpha value is -1.64. The highest BCUT2D eigenvalue weighted by Gasteiger charge is 2.37. The van der Waals surface area contributed by atoms with Crippen molar-refractivity contribution in [1.82, 2.24) is 10.3 Å². The monoisotopic (exact) mass is 409 g/mol. The second-order valence-electron chi connectivity index (χ2n) is 6.66. The van der Waals surface area contributed by atoms with Crippen LogP contribution in [0, 0.1) is 18.8 Å². The van der Waals surface area contributed by atoms with Gasteiger partial charge in [-0.05, 0) is 18.8 Å². The first kappa shape index (κ1) is 25.4. The standard InChI is InChI=1S/C10H13F3N2OS.C7H14.CH3NO/c1-5(2)7(14-4-16)9-15-8(6(3)17-9)10(11,12)13;1-2-7-5-3-4-6-7;2-1-3/h4-5,7H,1-3H3,(H,14,16);7H,2-6H2,1H3;1H,(H2,2,3). The van der Waals surface area contributed by atoms with Gasteiger partial charge in [0.1, 0.15) is 5.01 Å². The van der Waals surface area contributed by atoms with Crippen LogP contribution < -0.4 is 11.1 Å². The molecule has 0 aromatic carbocycles. The van der Waals surface area contributed by atoms with Crippen LogP contribution in [0.4, 0.5) is 13.2 Å². The summed E-state index contributed by atoms with van der Waals surface area (Å²) in [6, 6.07) is -0.479. The van der Waals surface area contributed by atoms with Crippen molar-refractivity contribution in [3.63, 3.8) is 0 Å². The minimum atomic E-state index is -4.44. The molecular weight excluding hydrogens is 379 g/mol. The highest BCUT2D eigenvalue weighted by molar-refractivity contribution is 7.11. The second kappa shape index (κ2) is 12.7. The molecule has 1 aliphatic rings. The molecule has 1 atom stereocenters. The lowest BCUT2D eigenvalue weighted by atomic mass is 10.1. The molecule has 156 valence electrons. The van der Waals surface area contributed by atoms with E-state index in [-0.39, 0.29) is 22.2 Å². The minimum Gasteiger partial charge on any atom is -0.372 e. The van der Waals surface area contributed by atoms with Crippen LogP contribution in [0.25, 0.3) is 0 Å². The fraction of sp³-hybridized carbons (Fsp3) is 0.722. The number of nitrogens with one attached hydrogen (secondary N) is 1. The molecule has 0 bridgehead atoms. The summed E-state index contributed by atoms with van der Waals surface area (Å²) in [5.74, 6) is 1.08. The van der Waals surface area contributed by atoms with E-state index in [1.807, 2.05) is 13.8 Å². The van der Waals surface area contributed by atoms with Gasteiger partial charge in [-0.3, -0.25) is 9.59 Å². The van der Waals surface area contributed by atoms with Crippen LogP contribution in [-0.4, -0.2) is 17.8 Å². The Balaban J connectivity index is 0.000000555. The van der Waals surface area contributed by atoms with Gasteiger partial charge in [0, 0.05) is 4.88 Å². The Morgan fingerprint density at radius 1 is 1.30 bits per heavy atom. The SMILES string of the molecule is CCC1CCCC1.Cc1sc(C(NC=O)C(C)C)nc1C(F)(F)F.NC=O. The topological polar surface area (TPSA) is 85.1 Å². The zero-order valence-corrected chi connectivity index (χ0v) is 17.1. The summed E-state index contributed by atoms with van der Waals surface area (Å²) in [6.45, 7) is 7.30. The Morgan fingerprint density at radius 2 is 1.81 bits per heavy atom. The van der Waals surface area contributed by atoms with Gasteiger partial charge < -0.3 is 11.1 Å². The molecule has 1 unspecified atom stereocenters. The lowest BCUT2D eigenvalue weighted by molar-refractivity contribution is -0.141. The molecule has 1 aliphatic carbocycles. The highest BCUT2D eigenvalue weighted by atomic mass is 32.1. The molecule has 0 radical (unpaired) electrons. The van der Waals surface area contributed by atoms with Crippen molar-refractivity contribution in [2.75, 3.05) is 0 Å². The number of rotatable bonds is 5. The van der Waals surface area contributed by atoms with E-state index in [0.717, 1.165) is 17.3 Å². The van der Waals surface area contributed by atoms with Gasteiger partial charge in [0.2, 0.25) is 12.8 Å². The first-order chi connectivity index (χ1) is 12.6. The number of hydrogen-bond donors (Lipinski definition) is 2. The van der Waals surface area contributed by atoms with E-state index in [1.165, 1.54) is 39.0 Å². The number of carbonyl (C=O) groups excluding carboxylic acids is 2. The van der Waals surface area contributed by atoms with Gasteiger partial charge in [-0.1, -0.05) is 52.9 Å². The van der Waals surface area contributed by atoms with E-state index in [1.54, 1.807) is 0 Å². The molecule has 5 nitrogen and oxygen atoms in total. The third kappa shape index (κ3) is 9.21. The Kier molecular flexibility index (Phi) is 11.9. The Labute approximate surface area is 162 Å². The lowest BCUT2D eigenvalue weighted by Gasteiger charge is -2.17. The maximum atomic E-state index is 12.6. The largest absolute Gasteiger partial charge is 0.434 e. The number of primary amides is 1. The Morgan fingerprint density at radius 3 is 2.11 bits per heavy atom. The second-order valence-corrected chi connectivity index (χ2v) is 7.89. The number of aryl methyl sites for hydroxylation is 1. The number of hydrogen-bond acceptors (Lipinski definition) is 4. The number of halogens is 3. The average molecular weight is 410 g/mol. The zero-order valence-electron chi connectivity index (χ0n) is 16.3. The lowest BCUT2D eigenvalue weighted by Crippen LogP contribution is -2.24. The van der Waals surface area contributed by atoms with E-state index in [2.05, 4.69) is 23.0 Å². The van der Waals surface area contributed by atoms with Crippen molar-refractivity contribution in [2.24, 2.45) is 17.6 Å². The van der Waals surface area contributed by atoms with Gasteiger partial charge in [0.05, 0.1) is 6.04 Å². The van der Waals surface area contributed by atoms with E-state index >= 15 is 0 Å². The van der Waals surface area contributed by atoms with E-state index in [9.17, 15) is 18.0 Å². The average Bonchev–Trinajstić information content (AvgIpc) is 3.22. The summed E-state index contributed by atoms with van der Waals surface area (Å²) in [7, 11) is 0. The van der Waals surface area contributed by atoms with Gasteiger partial charge >= 0.3 is 6.18 Å². The summed E-state index contributed by atoms with van der Waals surface area (Å²) in [4.78, 5) is 22.7. The summed E-state index contributed by atoms with van der Waals surface area (Å²) < 4.78 is 37.7. The van der Waals surface area contributed by atoms with Crippen LogP contribution >= 0.6 is 11.3 Å². The summed E-state index contributed by atoms with van der Waals surface area (Å²) >= 11 is 0.965. The fourth-order valence-corrected chi connectivity index (χ4v) is 4.03. The van der Waals surface area contributed by atoms with Crippen LogP contribution in [0.3, 0.4) is 0 Å². The predicted octanol–water partition coefficient (Wildman–Crippen LogP) is 4.60. The number of carbonyl (C=O) groups is 2. The predicted molar refractivity (Wildman–Crippen MR) is 101 cm³/mol. The number of aromatic nitrogens is 1. The number of thiazole rings is 1. The van der Waals surface area contributed by atoms with Crippen LogP contribution in [0.1, 0.15) is 74.5 Å². The third-order valence-electron chi connectivity index (χ3n) is 4.31. The molecule has 0 aliphatic heterocycles. The molecule has 9 heteroatoms. The third-order valence-corrected chi connectivity index (χ3v) is 5.37. The van der Waals surface area contributed by atoms with Crippen molar-refractivity contribution >= 4 is 24.2 Å². The molecule has 0 saturated heterocycles. The number of alkyl halides is 3. The molecule has 1 aromatic heterocycles. The van der Waals surface area contributed by atoms with Crippen LogP contribution in [-0.2, 0) is 15.8 Å². The molecule has 0 spiro atoms. The molecule has 1 fully saturated rings. The van der Waals surface area contributed by atoms with E-state index in [4.69, 9.17) is 4.79 Å². The molecule has 27 heavy (non-hydrogen) atoms. The smallest absolute Gasteiger partial charge is 0.372 e. The van der Waals surface area contributed by atoms with E-state index < -0.39 is 17.9 Å². The van der Waals surface area contributed by atoms with Gasteiger partial charge in [0.15, 0.2) is 5.69 Å². The maximum Gasteiger partial charge on any atom is 0.434 e. The first-order valence-electron chi connectivity index (χ1n) is 9.01. The van der Waals surface area contributed by atoms with Crippen molar-refractivity contribution in [3.8, 4) is 0 Å². The normalized spacial score (nSPS) is 15.3. The first-order valence-corrected chi connectivity index (χ1v) is 9.83. The van der Waals surface area contributed by atoms with Crippen LogP contribution in [0.15, 0.2) is 0 Å². The number of nitrogens with zero attached hydrogens (tertiary/aromatic N) is 1. The van der Waals surface area contributed by atoms with Crippen molar-refractivity contribution < 1.29 is 22.8 Å². The molecule has 2 rings (SSSR count).